The van der Waals surface area contributed by atoms with Gasteiger partial charge in [0.25, 0.3) is 0 Å². The van der Waals surface area contributed by atoms with E-state index in [1.54, 1.807) is 18.3 Å². The second-order valence-corrected chi connectivity index (χ2v) is 4.80. The van der Waals surface area contributed by atoms with Crippen LogP contribution in [0.5, 0.6) is 0 Å². The number of rotatable bonds is 4. The van der Waals surface area contributed by atoms with E-state index < -0.39 is 0 Å². The molecule has 100 valence electrons. The maximum Gasteiger partial charge on any atom is 0.241 e. The Bertz CT molecular complexity index is 599. The van der Waals surface area contributed by atoms with Crippen molar-refractivity contribution in [2.45, 2.75) is 13.1 Å². The van der Waals surface area contributed by atoms with E-state index >= 15 is 0 Å². The number of anilines is 1. The minimum Gasteiger partial charge on any atom is -0.382 e. The Morgan fingerprint density at radius 3 is 2.95 bits per heavy atom. The highest BCUT2D eigenvalue weighted by Gasteiger charge is 2.06. The van der Waals surface area contributed by atoms with Gasteiger partial charge in [0.15, 0.2) is 0 Å². The molecule has 2 rings (SSSR count). The second kappa shape index (κ2) is 5.83. The first-order valence-electron chi connectivity index (χ1n) is 5.54. The van der Waals surface area contributed by atoms with Crippen molar-refractivity contribution in [3.8, 4) is 0 Å². The zero-order valence-electron chi connectivity index (χ0n) is 9.94. The van der Waals surface area contributed by atoms with Gasteiger partial charge in [-0.05, 0) is 29.8 Å². The molecule has 0 saturated carbocycles. The van der Waals surface area contributed by atoms with Gasteiger partial charge in [-0.15, -0.1) is 0 Å². The van der Waals surface area contributed by atoms with E-state index in [4.69, 9.17) is 5.73 Å². The molecule has 1 heterocycles. The number of nitrogen functional groups attached to an aromatic ring is 1. The molecule has 0 unspecified atom stereocenters. The number of hydrogen-bond acceptors (Lipinski definition) is 3. The number of carbonyl (C=O) groups excluding carboxylic acids is 1. The molecule has 19 heavy (non-hydrogen) atoms. The lowest BCUT2D eigenvalue weighted by Gasteiger charge is -2.07. The van der Waals surface area contributed by atoms with Crippen LogP contribution >= 0.6 is 15.9 Å². The molecule has 1 amide bonds. The van der Waals surface area contributed by atoms with Crippen molar-refractivity contribution in [1.82, 2.24) is 15.1 Å². The molecule has 0 atom stereocenters. The summed E-state index contributed by atoms with van der Waals surface area (Å²) in [4.78, 5) is 11.7. The number of carbonyl (C=O) groups is 1. The first-order valence-corrected chi connectivity index (χ1v) is 6.33. The van der Waals surface area contributed by atoms with E-state index in [2.05, 4.69) is 26.3 Å². The van der Waals surface area contributed by atoms with E-state index in [0.29, 0.717) is 11.4 Å². The van der Waals surface area contributed by atoms with Gasteiger partial charge in [0, 0.05) is 17.2 Å². The van der Waals surface area contributed by atoms with Crippen LogP contribution in [-0.4, -0.2) is 15.7 Å². The van der Waals surface area contributed by atoms with Gasteiger partial charge in [0.2, 0.25) is 5.91 Å². The average molecular weight is 327 g/mol. The molecule has 0 radical (unpaired) electrons. The summed E-state index contributed by atoms with van der Waals surface area (Å²) in [5, 5.41) is 6.59. The van der Waals surface area contributed by atoms with Gasteiger partial charge in [-0.3, -0.25) is 9.48 Å². The van der Waals surface area contributed by atoms with Crippen LogP contribution in [0, 0.1) is 5.82 Å². The molecule has 1 aromatic carbocycles. The summed E-state index contributed by atoms with van der Waals surface area (Å²) < 4.78 is 15.2. The molecule has 3 N–H and O–H groups in total. The summed E-state index contributed by atoms with van der Waals surface area (Å²) in [6.45, 7) is 0.318. The standard InChI is InChI=1S/C12H12BrFN4O/c13-10-2-1-9(14)5-8(10)6-16-12(19)7-18-4-3-11(15)17-18/h1-5H,6-7H2,(H2,15,17)(H,16,19). The van der Waals surface area contributed by atoms with Gasteiger partial charge >= 0.3 is 0 Å². The van der Waals surface area contributed by atoms with Gasteiger partial charge in [-0.25, -0.2) is 4.39 Å². The molecular weight excluding hydrogens is 315 g/mol. The Labute approximate surface area is 117 Å². The van der Waals surface area contributed by atoms with Crippen LogP contribution in [0.1, 0.15) is 5.56 Å². The average Bonchev–Trinajstić information content (AvgIpc) is 2.76. The summed E-state index contributed by atoms with van der Waals surface area (Å²) in [7, 11) is 0. The summed E-state index contributed by atoms with van der Waals surface area (Å²) in [6, 6.07) is 5.93. The topological polar surface area (TPSA) is 72.9 Å². The van der Waals surface area contributed by atoms with Crippen molar-refractivity contribution in [1.29, 1.82) is 0 Å². The molecule has 0 spiro atoms. The van der Waals surface area contributed by atoms with Gasteiger partial charge < -0.3 is 11.1 Å². The molecule has 1 aromatic heterocycles. The van der Waals surface area contributed by atoms with Gasteiger partial charge in [0.1, 0.15) is 18.2 Å². The molecule has 0 fully saturated rings. The Morgan fingerprint density at radius 1 is 1.47 bits per heavy atom. The summed E-state index contributed by atoms with van der Waals surface area (Å²) in [6.07, 6.45) is 1.62. The first kappa shape index (κ1) is 13.5. The largest absolute Gasteiger partial charge is 0.382 e. The third-order valence-electron chi connectivity index (χ3n) is 2.45. The van der Waals surface area contributed by atoms with Crippen molar-refractivity contribution < 1.29 is 9.18 Å². The molecule has 5 nitrogen and oxygen atoms in total. The predicted molar refractivity (Wildman–Crippen MR) is 72.6 cm³/mol. The van der Waals surface area contributed by atoms with E-state index in [1.807, 2.05) is 0 Å². The fourth-order valence-electron chi connectivity index (χ4n) is 1.54. The van der Waals surface area contributed by atoms with Crippen LogP contribution in [0.2, 0.25) is 0 Å². The highest BCUT2D eigenvalue weighted by Crippen LogP contribution is 2.17. The molecule has 2 aromatic rings. The van der Waals surface area contributed by atoms with Crippen LogP contribution in [0.3, 0.4) is 0 Å². The van der Waals surface area contributed by atoms with E-state index in [0.717, 1.165) is 4.47 Å². The Morgan fingerprint density at radius 2 is 2.26 bits per heavy atom. The molecule has 0 bridgehead atoms. The van der Waals surface area contributed by atoms with Crippen LogP contribution in [0.25, 0.3) is 0 Å². The van der Waals surface area contributed by atoms with Crippen LogP contribution in [0.15, 0.2) is 34.9 Å². The third kappa shape index (κ3) is 3.78. The lowest BCUT2D eigenvalue weighted by molar-refractivity contribution is -0.122. The smallest absolute Gasteiger partial charge is 0.241 e. The Hall–Kier alpha value is -1.89. The highest BCUT2D eigenvalue weighted by molar-refractivity contribution is 9.10. The number of nitrogens with zero attached hydrogens (tertiary/aromatic N) is 2. The van der Waals surface area contributed by atoms with E-state index in [-0.39, 0.29) is 24.8 Å². The van der Waals surface area contributed by atoms with Crippen molar-refractivity contribution >= 4 is 27.7 Å². The van der Waals surface area contributed by atoms with Gasteiger partial charge in [-0.2, -0.15) is 5.10 Å². The number of halogens is 2. The van der Waals surface area contributed by atoms with Crippen molar-refractivity contribution in [3.63, 3.8) is 0 Å². The number of nitrogens with one attached hydrogen (secondary N) is 1. The molecule has 0 aliphatic heterocycles. The maximum absolute atomic E-state index is 13.1. The van der Waals surface area contributed by atoms with Crippen LogP contribution in [-0.2, 0) is 17.9 Å². The lowest BCUT2D eigenvalue weighted by atomic mass is 10.2. The first-order chi connectivity index (χ1) is 9.04. The highest BCUT2D eigenvalue weighted by atomic mass is 79.9. The second-order valence-electron chi connectivity index (χ2n) is 3.95. The number of hydrogen-bond donors (Lipinski definition) is 2. The van der Waals surface area contributed by atoms with Crippen LogP contribution < -0.4 is 11.1 Å². The molecule has 7 heteroatoms. The number of nitrogens with two attached hydrogens (primary N) is 1. The van der Waals surface area contributed by atoms with Crippen molar-refractivity contribution in [2.24, 2.45) is 0 Å². The fourth-order valence-corrected chi connectivity index (χ4v) is 1.93. The fraction of sp³-hybridized carbons (Fsp3) is 0.167. The SMILES string of the molecule is Nc1ccn(CC(=O)NCc2cc(F)ccc2Br)n1. The zero-order chi connectivity index (χ0) is 13.8. The predicted octanol–water partition coefficient (Wildman–Crippen LogP) is 1.68. The Balaban J connectivity index is 1.91. The lowest BCUT2D eigenvalue weighted by Crippen LogP contribution is -2.27. The van der Waals surface area contributed by atoms with Crippen LogP contribution in [0.4, 0.5) is 10.2 Å². The van der Waals surface area contributed by atoms with Crippen molar-refractivity contribution in [3.05, 3.63) is 46.3 Å². The minimum absolute atomic E-state index is 0.0735. The Kier molecular flexibility index (Phi) is 4.16. The third-order valence-corrected chi connectivity index (χ3v) is 3.22. The van der Waals surface area contributed by atoms with Crippen molar-refractivity contribution in [2.75, 3.05) is 5.73 Å². The molecular formula is C12H12BrFN4O. The quantitative estimate of drug-likeness (QED) is 0.897. The summed E-state index contributed by atoms with van der Waals surface area (Å²) >= 11 is 3.30. The molecule has 0 aliphatic rings. The monoisotopic (exact) mass is 326 g/mol. The summed E-state index contributed by atoms with van der Waals surface area (Å²) in [5.74, 6) is -0.202. The van der Waals surface area contributed by atoms with Gasteiger partial charge in [0.05, 0.1) is 0 Å². The minimum atomic E-state index is -0.340. The molecule has 0 saturated heterocycles. The molecule has 0 aliphatic carbocycles. The maximum atomic E-state index is 13.1. The van der Waals surface area contributed by atoms with Gasteiger partial charge in [-0.1, -0.05) is 15.9 Å². The summed E-state index contributed by atoms with van der Waals surface area (Å²) in [5.41, 5.74) is 6.12. The number of benzene rings is 1. The normalized spacial score (nSPS) is 10.4. The van der Waals surface area contributed by atoms with E-state index in [1.165, 1.54) is 16.8 Å². The number of amides is 1. The zero-order valence-corrected chi connectivity index (χ0v) is 11.5. The van der Waals surface area contributed by atoms with E-state index in [9.17, 15) is 9.18 Å². The number of aromatic nitrogens is 2.